The fourth-order valence-corrected chi connectivity index (χ4v) is 5.04. The number of nitrogens with zero attached hydrogens (tertiary/aromatic N) is 2. The molecule has 2 aromatic rings. The summed E-state index contributed by atoms with van der Waals surface area (Å²) in [5.41, 5.74) is 1.33. The van der Waals surface area contributed by atoms with Crippen LogP contribution in [-0.4, -0.2) is 69.0 Å². The van der Waals surface area contributed by atoms with Gasteiger partial charge in [-0.2, -0.15) is 10.1 Å². The number of aliphatic hydroxyl groups excluding tert-OH is 1. The van der Waals surface area contributed by atoms with Crippen LogP contribution in [0.25, 0.3) is 0 Å². The quantitative estimate of drug-likeness (QED) is 0.226. The van der Waals surface area contributed by atoms with Crippen molar-refractivity contribution in [2.75, 3.05) is 19.0 Å². The van der Waals surface area contributed by atoms with Crippen molar-refractivity contribution < 1.29 is 46.9 Å². The summed E-state index contributed by atoms with van der Waals surface area (Å²) in [6, 6.07) is 6.59. The van der Waals surface area contributed by atoms with E-state index in [-0.39, 0.29) is 5.75 Å². The van der Waals surface area contributed by atoms with Gasteiger partial charge in [-0.25, -0.2) is 18.1 Å². The maximum atomic E-state index is 14.0. The summed E-state index contributed by atoms with van der Waals surface area (Å²) >= 11 is 0. The van der Waals surface area contributed by atoms with Crippen LogP contribution in [-0.2, 0) is 23.4 Å². The number of aromatic nitrogens is 2. The topological polar surface area (TPSA) is 184 Å². The highest BCUT2D eigenvalue weighted by atomic mass is 31.2. The number of nitrogen functional groups attached to an aromatic ring is 1. The van der Waals surface area contributed by atoms with E-state index in [1.165, 1.54) is 19.1 Å². The van der Waals surface area contributed by atoms with E-state index in [1.54, 1.807) is 32.0 Å². The maximum Gasteiger partial charge on any atom is 0.459 e. The third-order valence-corrected chi connectivity index (χ3v) is 7.07. The van der Waals surface area contributed by atoms with Gasteiger partial charge in [0.1, 0.15) is 30.7 Å². The molecule has 1 aliphatic heterocycles. The zero-order valence-electron chi connectivity index (χ0n) is 20.7. The van der Waals surface area contributed by atoms with Crippen LogP contribution in [0.2, 0.25) is 0 Å². The predicted molar refractivity (Wildman–Crippen MR) is 128 cm³/mol. The number of nitrogens with two attached hydrogens (primary N) is 1. The van der Waals surface area contributed by atoms with Crippen molar-refractivity contribution >= 4 is 19.5 Å². The van der Waals surface area contributed by atoms with E-state index in [2.05, 4.69) is 10.1 Å². The Morgan fingerprint density at radius 1 is 1.34 bits per heavy atom. The van der Waals surface area contributed by atoms with E-state index in [4.69, 9.17) is 24.3 Å². The number of rotatable bonds is 11. The first-order valence-electron chi connectivity index (χ1n) is 11.4. The molecule has 0 amide bonds. The summed E-state index contributed by atoms with van der Waals surface area (Å²) < 4.78 is 63.4. The lowest BCUT2D eigenvalue weighted by Gasteiger charge is -2.28. The third kappa shape index (κ3) is 6.54. The van der Waals surface area contributed by atoms with Crippen molar-refractivity contribution in [1.82, 2.24) is 14.6 Å². The molecule has 2 heterocycles. The highest BCUT2D eigenvalue weighted by Gasteiger charge is 2.57. The largest absolute Gasteiger partial charge is 0.462 e. The molecular weight excluding hydrogens is 533 g/mol. The fraction of sp³-hybridized carbons (Fsp3) is 0.500. The first kappa shape index (κ1) is 29.6. The number of para-hydroxylation sites is 1. The molecule has 0 aliphatic carbocycles. The molecule has 0 spiro atoms. The minimum absolute atomic E-state index is 0.0914. The number of hydrogen-bond acceptors (Lipinski definition) is 11. The molecule has 1 aliphatic rings. The Balaban J connectivity index is 1.84. The van der Waals surface area contributed by atoms with Gasteiger partial charge in [0, 0.05) is 0 Å². The van der Waals surface area contributed by atoms with E-state index in [0.717, 1.165) is 0 Å². The van der Waals surface area contributed by atoms with Crippen LogP contribution in [0.3, 0.4) is 0 Å². The van der Waals surface area contributed by atoms with Crippen LogP contribution in [0.4, 0.5) is 14.6 Å². The van der Waals surface area contributed by atoms with Gasteiger partial charge >= 0.3 is 19.4 Å². The van der Waals surface area contributed by atoms with Gasteiger partial charge in [-0.15, -0.1) is 0 Å². The fourth-order valence-electron chi connectivity index (χ4n) is 3.54. The first-order chi connectivity index (χ1) is 17.8. The normalized spacial score (nSPS) is 25.6. The summed E-state index contributed by atoms with van der Waals surface area (Å²) in [4.78, 5) is 27.7. The molecule has 16 heteroatoms. The van der Waals surface area contributed by atoms with Gasteiger partial charge in [-0.05, 0) is 32.9 Å². The number of carbonyl (C=O) groups excluding carboxylic acids is 1. The number of carbonyl (C=O) groups is 1. The molecule has 38 heavy (non-hydrogen) atoms. The first-order valence-corrected chi connectivity index (χ1v) is 13.0. The Labute approximate surface area is 216 Å². The number of anilines is 1. The second-order valence-electron chi connectivity index (χ2n) is 8.79. The number of ether oxygens (including phenoxy) is 2. The van der Waals surface area contributed by atoms with Gasteiger partial charge in [0.2, 0.25) is 0 Å². The van der Waals surface area contributed by atoms with Crippen molar-refractivity contribution in [3.8, 4) is 5.75 Å². The maximum absolute atomic E-state index is 14.0. The third-order valence-electron chi connectivity index (χ3n) is 5.43. The molecule has 13 nitrogen and oxygen atoms in total. The highest BCUT2D eigenvalue weighted by Crippen LogP contribution is 2.47. The molecule has 1 unspecified atom stereocenters. The van der Waals surface area contributed by atoms with Crippen LogP contribution < -0.4 is 21.0 Å². The summed E-state index contributed by atoms with van der Waals surface area (Å²) in [7, 11) is -4.41. The van der Waals surface area contributed by atoms with Gasteiger partial charge in [-0.3, -0.25) is 13.9 Å². The Morgan fingerprint density at radius 3 is 2.61 bits per heavy atom. The molecule has 210 valence electrons. The second kappa shape index (κ2) is 11.8. The molecule has 0 saturated carbocycles. The Morgan fingerprint density at radius 2 is 2.00 bits per heavy atom. The van der Waals surface area contributed by atoms with Crippen LogP contribution in [0.5, 0.6) is 5.75 Å². The summed E-state index contributed by atoms with van der Waals surface area (Å²) in [6.07, 6.45) is -5.51. The number of benzene rings is 1. The van der Waals surface area contributed by atoms with Crippen molar-refractivity contribution in [3.05, 3.63) is 52.8 Å². The number of aliphatic hydroxyl groups is 2. The molecule has 1 aromatic carbocycles. The van der Waals surface area contributed by atoms with Crippen LogP contribution >= 0.6 is 7.75 Å². The van der Waals surface area contributed by atoms with Gasteiger partial charge in [0.25, 0.3) is 0 Å². The van der Waals surface area contributed by atoms with Crippen LogP contribution in [0.1, 0.15) is 27.0 Å². The van der Waals surface area contributed by atoms with Crippen molar-refractivity contribution in [2.24, 2.45) is 0 Å². The molecule has 3 rings (SSSR count). The van der Waals surface area contributed by atoms with Crippen molar-refractivity contribution in [1.29, 1.82) is 0 Å². The average molecular weight is 562 g/mol. The molecule has 6 atom stereocenters. The molecule has 5 N–H and O–H groups in total. The minimum Gasteiger partial charge on any atom is -0.462 e. The lowest BCUT2D eigenvalue weighted by Crippen LogP contribution is -2.50. The number of hydrogen-bond donors (Lipinski definition) is 4. The zero-order chi connectivity index (χ0) is 28.3. The standard InChI is InChI=1S/C22H29F2N4O9P/c1-12(2)35-19(30)13(3)27-38(33,37-14-7-5-4-6-8-14)34-10-16-17(29)22(32,11-23)20(36-16)28-9-15(24)18(25)26-21(28)31/h4-9,12-13,16-17,20,29,32H,10-11H2,1-3H3,(H,27,33)(H2,25,26,31)/t13-,16+,17?,20+,22+,38-/m0/s1. The van der Waals surface area contributed by atoms with Gasteiger partial charge < -0.3 is 29.9 Å². The molecule has 0 bridgehead atoms. The highest BCUT2D eigenvalue weighted by molar-refractivity contribution is 7.52. The number of halogens is 2. The molecular formula is C22H29F2N4O9P. The van der Waals surface area contributed by atoms with E-state index >= 15 is 0 Å². The van der Waals surface area contributed by atoms with E-state index < -0.39 is 80.5 Å². The van der Waals surface area contributed by atoms with Gasteiger partial charge in [0.15, 0.2) is 23.5 Å². The Bertz CT molecular complexity index is 1240. The number of nitrogens with one attached hydrogen (secondary N) is 1. The molecule has 1 fully saturated rings. The Kier molecular flexibility index (Phi) is 9.23. The molecule has 0 radical (unpaired) electrons. The van der Waals surface area contributed by atoms with Crippen LogP contribution in [0, 0.1) is 5.82 Å². The average Bonchev–Trinajstić information content (AvgIpc) is 3.10. The van der Waals surface area contributed by atoms with E-state index in [0.29, 0.717) is 10.8 Å². The lowest BCUT2D eigenvalue weighted by molar-refractivity contribution is -0.149. The van der Waals surface area contributed by atoms with Gasteiger partial charge in [-0.1, -0.05) is 18.2 Å². The smallest absolute Gasteiger partial charge is 0.459 e. The van der Waals surface area contributed by atoms with E-state index in [9.17, 15) is 33.1 Å². The summed E-state index contributed by atoms with van der Waals surface area (Å²) in [6.45, 7) is 2.18. The second-order valence-corrected chi connectivity index (χ2v) is 10.5. The van der Waals surface area contributed by atoms with Crippen molar-refractivity contribution in [3.63, 3.8) is 0 Å². The van der Waals surface area contributed by atoms with E-state index in [1.807, 2.05) is 0 Å². The SMILES string of the molecule is CC(C)OC(=O)[C@H](C)N[P@](=O)(OC[C@H]1O[C@@H](n2cc(F)c(N)nc2=O)[C@@](O)(CF)C1O)Oc1ccccc1. The summed E-state index contributed by atoms with van der Waals surface area (Å²) in [5, 5.41) is 23.8. The predicted octanol–water partition coefficient (Wildman–Crippen LogP) is 1.06. The van der Waals surface area contributed by atoms with Crippen molar-refractivity contribution in [2.45, 2.75) is 57.0 Å². The Hall–Kier alpha value is -2.94. The molecule has 1 saturated heterocycles. The van der Waals surface area contributed by atoms with Crippen LogP contribution in [0.15, 0.2) is 41.3 Å². The van der Waals surface area contributed by atoms with Gasteiger partial charge in [0.05, 0.1) is 18.9 Å². The number of esters is 1. The molecule has 1 aromatic heterocycles. The zero-order valence-corrected chi connectivity index (χ0v) is 21.6. The lowest BCUT2D eigenvalue weighted by atomic mass is 9.95. The summed E-state index contributed by atoms with van der Waals surface area (Å²) in [5.74, 6) is -2.56. The number of alkyl halides is 1. The minimum atomic E-state index is -4.41. The monoisotopic (exact) mass is 562 g/mol.